The Balaban J connectivity index is 1.69. The fraction of sp³-hybridized carbons (Fsp3) is 0.111. The third-order valence-corrected chi connectivity index (χ3v) is 5.07. The predicted molar refractivity (Wildman–Crippen MR) is 106 cm³/mol. The lowest BCUT2D eigenvalue weighted by Crippen LogP contribution is -2.12. The molecular formula is C18H17N7O3S. The Hall–Kier alpha value is -3.91. The zero-order chi connectivity index (χ0) is 20.7. The number of sulfonamides is 1. The third kappa shape index (κ3) is 5.08. The maximum absolute atomic E-state index is 12.5. The maximum Gasteiger partial charge on any atom is 0.261 e. The van der Waals surface area contributed by atoms with E-state index in [2.05, 4.69) is 30.7 Å². The van der Waals surface area contributed by atoms with E-state index in [9.17, 15) is 8.42 Å². The number of nitriles is 1. The molecule has 3 aromatic rings. The van der Waals surface area contributed by atoms with Crippen molar-refractivity contribution in [2.24, 2.45) is 0 Å². The van der Waals surface area contributed by atoms with E-state index in [1.54, 1.807) is 36.4 Å². The molecule has 0 aliphatic heterocycles. The standard InChI is InChI=1S/C18H17N7O3S/c1-2-28-16-7-3-15(4-8-16)23-29(26,27)17-9-5-14(6-10-17)20-12-13(11-19)18-21-24-25-22-18/h3-10,12,20,23H,2H2,1H3,(H,21,22,24,25). The van der Waals surface area contributed by atoms with Gasteiger partial charge in [0.15, 0.2) is 0 Å². The molecule has 11 heteroatoms. The van der Waals surface area contributed by atoms with Gasteiger partial charge in [-0.05, 0) is 60.7 Å². The van der Waals surface area contributed by atoms with Crippen molar-refractivity contribution in [3.8, 4) is 11.8 Å². The summed E-state index contributed by atoms with van der Waals surface area (Å²) in [5, 5.41) is 25.2. The number of nitrogens with one attached hydrogen (secondary N) is 3. The molecular weight excluding hydrogens is 394 g/mol. The zero-order valence-electron chi connectivity index (χ0n) is 15.3. The molecule has 0 amide bonds. The highest BCUT2D eigenvalue weighted by molar-refractivity contribution is 7.92. The van der Waals surface area contributed by atoms with Crippen LogP contribution in [0.4, 0.5) is 11.4 Å². The highest BCUT2D eigenvalue weighted by Gasteiger charge is 2.14. The van der Waals surface area contributed by atoms with E-state index in [1.807, 2.05) is 13.0 Å². The molecule has 1 aromatic heterocycles. The van der Waals surface area contributed by atoms with Crippen molar-refractivity contribution in [3.05, 3.63) is 60.6 Å². The molecule has 1 heterocycles. The molecule has 0 fully saturated rings. The number of tetrazole rings is 1. The lowest BCUT2D eigenvalue weighted by molar-refractivity contribution is 0.340. The Labute approximate surface area is 167 Å². The number of hydrogen-bond acceptors (Lipinski definition) is 8. The monoisotopic (exact) mass is 411 g/mol. The van der Waals surface area contributed by atoms with Gasteiger partial charge in [0.25, 0.3) is 10.0 Å². The Morgan fingerprint density at radius 1 is 1.17 bits per heavy atom. The fourth-order valence-electron chi connectivity index (χ4n) is 2.31. The van der Waals surface area contributed by atoms with Crippen molar-refractivity contribution < 1.29 is 13.2 Å². The van der Waals surface area contributed by atoms with Crippen molar-refractivity contribution in [2.75, 3.05) is 16.6 Å². The van der Waals surface area contributed by atoms with E-state index in [0.29, 0.717) is 23.7 Å². The fourth-order valence-corrected chi connectivity index (χ4v) is 3.37. The molecule has 3 rings (SSSR count). The van der Waals surface area contributed by atoms with Gasteiger partial charge in [0.05, 0.1) is 11.5 Å². The molecule has 29 heavy (non-hydrogen) atoms. The minimum atomic E-state index is -3.75. The average molecular weight is 411 g/mol. The molecule has 0 saturated heterocycles. The number of H-pyrrole nitrogens is 1. The number of hydrogen-bond donors (Lipinski definition) is 3. The first-order valence-electron chi connectivity index (χ1n) is 8.48. The van der Waals surface area contributed by atoms with Gasteiger partial charge in [-0.1, -0.05) is 0 Å². The smallest absolute Gasteiger partial charge is 0.261 e. The second kappa shape index (κ2) is 8.85. The van der Waals surface area contributed by atoms with Crippen LogP contribution < -0.4 is 14.8 Å². The van der Waals surface area contributed by atoms with Gasteiger partial charge in [-0.15, -0.1) is 10.2 Å². The lowest BCUT2D eigenvalue weighted by atomic mass is 10.3. The van der Waals surface area contributed by atoms with E-state index < -0.39 is 10.0 Å². The lowest BCUT2D eigenvalue weighted by Gasteiger charge is -2.10. The summed E-state index contributed by atoms with van der Waals surface area (Å²) in [5.41, 5.74) is 1.19. The molecule has 10 nitrogen and oxygen atoms in total. The van der Waals surface area contributed by atoms with Gasteiger partial charge in [-0.25, -0.2) is 8.42 Å². The molecule has 0 unspecified atom stereocenters. The van der Waals surface area contributed by atoms with Crippen LogP contribution in [0.1, 0.15) is 12.7 Å². The van der Waals surface area contributed by atoms with Crippen molar-refractivity contribution in [1.82, 2.24) is 20.6 Å². The van der Waals surface area contributed by atoms with Gasteiger partial charge in [0.2, 0.25) is 5.82 Å². The average Bonchev–Trinajstić information content (AvgIpc) is 3.25. The quantitative estimate of drug-likeness (QED) is 0.479. The summed E-state index contributed by atoms with van der Waals surface area (Å²) < 4.78 is 32.9. The molecule has 3 N–H and O–H groups in total. The van der Waals surface area contributed by atoms with Crippen LogP contribution in [0.15, 0.2) is 59.6 Å². The van der Waals surface area contributed by atoms with Crippen LogP contribution in [0, 0.1) is 11.3 Å². The van der Waals surface area contributed by atoms with Crippen LogP contribution in [-0.4, -0.2) is 35.6 Å². The first kappa shape index (κ1) is 19.8. The Kier molecular flexibility index (Phi) is 6.06. The summed E-state index contributed by atoms with van der Waals surface area (Å²) in [7, 11) is -3.75. The Morgan fingerprint density at radius 2 is 1.86 bits per heavy atom. The summed E-state index contributed by atoms with van der Waals surface area (Å²) in [5.74, 6) is 0.815. The molecule has 0 saturated carbocycles. The summed E-state index contributed by atoms with van der Waals surface area (Å²) in [6.07, 6.45) is 1.41. The van der Waals surface area contributed by atoms with E-state index in [1.165, 1.54) is 18.3 Å². The van der Waals surface area contributed by atoms with Crippen molar-refractivity contribution in [3.63, 3.8) is 0 Å². The summed E-state index contributed by atoms with van der Waals surface area (Å²) in [4.78, 5) is 0.0968. The van der Waals surface area contributed by atoms with Crippen LogP contribution in [0.3, 0.4) is 0 Å². The number of nitrogens with zero attached hydrogens (tertiary/aromatic N) is 4. The van der Waals surface area contributed by atoms with Crippen LogP contribution in [0.2, 0.25) is 0 Å². The molecule has 0 atom stereocenters. The number of ether oxygens (including phenoxy) is 1. The number of aromatic amines is 1. The number of anilines is 2. The van der Waals surface area contributed by atoms with E-state index >= 15 is 0 Å². The molecule has 2 aromatic carbocycles. The molecule has 0 aliphatic rings. The van der Waals surface area contributed by atoms with E-state index in [-0.39, 0.29) is 16.3 Å². The summed E-state index contributed by atoms with van der Waals surface area (Å²) >= 11 is 0. The minimum Gasteiger partial charge on any atom is -0.494 e. The number of benzene rings is 2. The predicted octanol–water partition coefficient (Wildman–Crippen LogP) is 2.38. The SMILES string of the molecule is CCOc1ccc(NS(=O)(=O)c2ccc(NC=C(C#N)c3nn[nH]n3)cc2)cc1. The van der Waals surface area contributed by atoms with Gasteiger partial charge in [-0.3, -0.25) is 4.72 Å². The van der Waals surface area contributed by atoms with Crippen molar-refractivity contribution in [2.45, 2.75) is 11.8 Å². The van der Waals surface area contributed by atoms with E-state index in [4.69, 9.17) is 10.00 Å². The summed E-state index contributed by atoms with van der Waals surface area (Å²) in [6, 6.07) is 14.7. The second-order valence-corrected chi connectivity index (χ2v) is 7.32. The highest BCUT2D eigenvalue weighted by Crippen LogP contribution is 2.21. The first-order chi connectivity index (χ1) is 14.0. The van der Waals surface area contributed by atoms with Gasteiger partial charge in [0.1, 0.15) is 17.4 Å². The second-order valence-electron chi connectivity index (χ2n) is 5.64. The Morgan fingerprint density at radius 3 is 2.45 bits per heavy atom. The highest BCUT2D eigenvalue weighted by atomic mass is 32.2. The third-order valence-electron chi connectivity index (χ3n) is 3.67. The molecule has 0 radical (unpaired) electrons. The van der Waals surface area contributed by atoms with Gasteiger partial charge < -0.3 is 10.1 Å². The molecule has 0 bridgehead atoms. The summed E-state index contributed by atoms with van der Waals surface area (Å²) in [6.45, 7) is 2.41. The van der Waals surface area contributed by atoms with Crippen LogP contribution in [0.5, 0.6) is 5.75 Å². The molecule has 148 valence electrons. The van der Waals surface area contributed by atoms with Crippen LogP contribution in [0.25, 0.3) is 5.57 Å². The topological polar surface area (TPSA) is 146 Å². The normalized spacial score (nSPS) is 11.5. The van der Waals surface area contributed by atoms with Gasteiger partial charge in [-0.2, -0.15) is 10.5 Å². The Bertz CT molecular complexity index is 1120. The van der Waals surface area contributed by atoms with Crippen LogP contribution >= 0.6 is 0 Å². The number of allylic oxidation sites excluding steroid dienone is 1. The van der Waals surface area contributed by atoms with Crippen LogP contribution in [-0.2, 0) is 10.0 Å². The van der Waals surface area contributed by atoms with Crippen molar-refractivity contribution in [1.29, 1.82) is 5.26 Å². The van der Waals surface area contributed by atoms with E-state index in [0.717, 1.165) is 0 Å². The number of aromatic nitrogens is 4. The zero-order valence-corrected chi connectivity index (χ0v) is 16.1. The minimum absolute atomic E-state index is 0.0968. The molecule has 0 spiro atoms. The van der Waals surface area contributed by atoms with Gasteiger partial charge in [0, 0.05) is 17.6 Å². The number of rotatable bonds is 8. The molecule has 0 aliphatic carbocycles. The maximum atomic E-state index is 12.5. The largest absolute Gasteiger partial charge is 0.494 e. The first-order valence-corrected chi connectivity index (χ1v) is 9.96. The van der Waals surface area contributed by atoms with Gasteiger partial charge >= 0.3 is 0 Å². The van der Waals surface area contributed by atoms with Crippen molar-refractivity contribution >= 4 is 27.0 Å².